The van der Waals surface area contributed by atoms with E-state index in [1.165, 1.54) is 6.07 Å². The predicted octanol–water partition coefficient (Wildman–Crippen LogP) is 1.34. The topological polar surface area (TPSA) is 115 Å². The molecule has 0 bridgehead atoms. The SMILES string of the molecule is N#Cc1ncc(N)c(OC(F)(F)F)c1[N+](=O)[O-]. The van der Waals surface area contributed by atoms with E-state index in [4.69, 9.17) is 11.0 Å². The summed E-state index contributed by atoms with van der Waals surface area (Å²) in [4.78, 5) is 12.6. The summed E-state index contributed by atoms with van der Waals surface area (Å²) in [6.45, 7) is 0. The Balaban J connectivity index is 3.46. The second kappa shape index (κ2) is 4.12. The number of aromatic nitrogens is 1. The highest BCUT2D eigenvalue weighted by Gasteiger charge is 2.37. The zero-order chi connectivity index (χ0) is 13.2. The molecule has 0 aliphatic heterocycles. The normalized spacial score (nSPS) is 10.7. The summed E-state index contributed by atoms with van der Waals surface area (Å²) >= 11 is 0. The summed E-state index contributed by atoms with van der Waals surface area (Å²) in [7, 11) is 0. The molecule has 7 nitrogen and oxygen atoms in total. The molecule has 90 valence electrons. The standard InChI is InChI=1S/C7H3F3N4O3/c8-7(9,10)17-6-3(12)2-13-4(1-11)5(6)14(15)16/h2H,12H2. The Morgan fingerprint density at radius 3 is 2.59 bits per heavy atom. The Morgan fingerprint density at radius 1 is 1.59 bits per heavy atom. The van der Waals surface area contributed by atoms with E-state index < -0.39 is 34.1 Å². The number of halogens is 3. The predicted molar refractivity (Wildman–Crippen MR) is 46.7 cm³/mol. The number of nitriles is 1. The lowest BCUT2D eigenvalue weighted by Crippen LogP contribution is -2.19. The zero-order valence-corrected chi connectivity index (χ0v) is 7.85. The molecule has 0 spiro atoms. The van der Waals surface area contributed by atoms with E-state index >= 15 is 0 Å². The number of rotatable bonds is 2. The summed E-state index contributed by atoms with van der Waals surface area (Å²) in [5.41, 5.74) is 2.37. The number of anilines is 1. The van der Waals surface area contributed by atoms with Crippen LogP contribution in [-0.4, -0.2) is 16.3 Å². The van der Waals surface area contributed by atoms with Crippen LogP contribution < -0.4 is 10.5 Å². The lowest BCUT2D eigenvalue weighted by atomic mass is 10.2. The summed E-state index contributed by atoms with van der Waals surface area (Å²) in [5.74, 6) is -1.24. The highest BCUT2D eigenvalue weighted by molar-refractivity contribution is 5.66. The van der Waals surface area contributed by atoms with Gasteiger partial charge in [0.25, 0.3) is 0 Å². The molecule has 0 aliphatic carbocycles. The number of ether oxygens (including phenoxy) is 1. The molecule has 1 heterocycles. The molecule has 0 fully saturated rings. The first-order valence-corrected chi connectivity index (χ1v) is 3.85. The third-order valence-electron chi connectivity index (χ3n) is 1.54. The zero-order valence-electron chi connectivity index (χ0n) is 7.85. The molecule has 2 N–H and O–H groups in total. The summed E-state index contributed by atoms with van der Waals surface area (Å²) in [6.07, 6.45) is -4.49. The number of nitrogens with two attached hydrogens (primary N) is 1. The molecule has 1 rings (SSSR count). The first-order valence-electron chi connectivity index (χ1n) is 3.85. The van der Waals surface area contributed by atoms with E-state index in [1.807, 2.05) is 0 Å². The highest BCUT2D eigenvalue weighted by atomic mass is 19.4. The molecule has 1 aromatic rings. The number of alkyl halides is 3. The van der Waals surface area contributed by atoms with Crippen LogP contribution in [0, 0.1) is 21.4 Å². The van der Waals surface area contributed by atoms with Gasteiger partial charge in [0.05, 0.1) is 11.1 Å². The molecule has 0 saturated carbocycles. The van der Waals surface area contributed by atoms with Gasteiger partial charge in [-0.1, -0.05) is 0 Å². The third-order valence-corrected chi connectivity index (χ3v) is 1.54. The average Bonchev–Trinajstić information content (AvgIpc) is 2.18. The quantitative estimate of drug-likeness (QED) is 0.623. The van der Waals surface area contributed by atoms with Crippen molar-refractivity contribution in [2.75, 3.05) is 5.73 Å². The second-order valence-electron chi connectivity index (χ2n) is 2.66. The Hall–Kier alpha value is -2.57. The maximum absolute atomic E-state index is 12.0. The Kier molecular flexibility index (Phi) is 3.03. The summed E-state index contributed by atoms with van der Waals surface area (Å²) < 4.78 is 39.4. The van der Waals surface area contributed by atoms with Gasteiger partial charge in [-0.2, -0.15) is 5.26 Å². The van der Waals surface area contributed by atoms with Gasteiger partial charge >= 0.3 is 12.0 Å². The van der Waals surface area contributed by atoms with Crippen molar-refractivity contribution in [3.8, 4) is 11.8 Å². The molecule has 0 aliphatic rings. The maximum atomic E-state index is 12.0. The van der Waals surface area contributed by atoms with Crippen molar-refractivity contribution in [3.05, 3.63) is 22.0 Å². The summed E-state index contributed by atoms with van der Waals surface area (Å²) in [6, 6.07) is 1.27. The molecule has 17 heavy (non-hydrogen) atoms. The molecule has 0 aromatic carbocycles. The summed E-state index contributed by atoms with van der Waals surface area (Å²) in [5, 5.41) is 19.0. The van der Waals surface area contributed by atoms with Gasteiger partial charge in [-0.3, -0.25) is 10.1 Å². The molecule has 10 heteroatoms. The highest BCUT2D eigenvalue weighted by Crippen LogP contribution is 2.38. The molecular formula is C7H3F3N4O3. The van der Waals surface area contributed by atoms with Crippen LogP contribution in [0.3, 0.4) is 0 Å². The first kappa shape index (κ1) is 12.5. The molecule has 0 atom stereocenters. The smallest absolute Gasteiger partial charge is 0.396 e. The van der Waals surface area contributed by atoms with E-state index in [9.17, 15) is 23.3 Å². The van der Waals surface area contributed by atoms with E-state index in [-0.39, 0.29) is 0 Å². The van der Waals surface area contributed by atoms with E-state index in [0.29, 0.717) is 6.20 Å². The van der Waals surface area contributed by atoms with Gasteiger partial charge in [-0.25, -0.2) is 4.98 Å². The minimum atomic E-state index is -5.16. The number of nitro groups is 1. The molecule has 0 radical (unpaired) electrons. The second-order valence-corrected chi connectivity index (χ2v) is 2.66. The molecule has 0 saturated heterocycles. The average molecular weight is 248 g/mol. The number of pyridine rings is 1. The molecular weight excluding hydrogens is 245 g/mol. The van der Waals surface area contributed by atoms with Crippen molar-refractivity contribution in [3.63, 3.8) is 0 Å². The van der Waals surface area contributed by atoms with Crippen LogP contribution in [-0.2, 0) is 0 Å². The van der Waals surface area contributed by atoms with Crippen molar-refractivity contribution >= 4 is 11.4 Å². The van der Waals surface area contributed by atoms with Crippen molar-refractivity contribution in [1.29, 1.82) is 5.26 Å². The molecule has 0 unspecified atom stereocenters. The monoisotopic (exact) mass is 248 g/mol. The van der Waals surface area contributed by atoms with Crippen LogP contribution in [0.2, 0.25) is 0 Å². The van der Waals surface area contributed by atoms with Gasteiger partial charge in [0, 0.05) is 0 Å². The van der Waals surface area contributed by atoms with Crippen LogP contribution in [0.25, 0.3) is 0 Å². The van der Waals surface area contributed by atoms with Crippen LogP contribution >= 0.6 is 0 Å². The first-order chi connectivity index (χ1) is 7.76. The maximum Gasteiger partial charge on any atom is 0.573 e. The van der Waals surface area contributed by atoms with Crippen molar-refractivity contribution in [1.82, 2.24) is 4.98 Å². The van der Waals surface area contributed by atoms with Gasteiger partial charge in [0.2, 0.25) is 11.4 Å². The Bertz CT molecular complexity index is 508. The van der Waals surface area contributed by atoms with E-state index in [1.54, 1.807) is 0 Å². The number of hydrogen-bond donors (Lipinski definition) is 1. The number of nitrogens with zero attached hydrogens (tertiary/aromatic N) is 3. The fraction of sp³-hybridized carbons (Fsp3) is 0.143. The molecule has 0 amide bonds. The van der Waals surface area contributed by atoms with Crippen molar-refractivity contribution in [2.24, 2.45) is 0 Å². The fourth-order valence-corrected chi connectivity index (χ4v) is 0.972. The van der Waals surface area contributed by atoms with Crippen LogP contribution in [0.1, 0.15) is 5.69 Å². The minimum absolute atomic E-state index is 0.673. The van der Waals surface area contributed by atoms with Gasteiger partial charge in [0.15, 0.2) is 0 Å². The van der Waals surface area contributed by atoms with Crippen LogP contribution in [0.5, 0.6) is 5.75 Å². The van der Waals surface area contributed by atoms with Gasteiger partial charge < -0.3 is 10.5 Å². The minimum Gasteiger partial charge on any atom is -0.396 e. The van der Waals surface area contributed by atoms with Crippen molar-refractivity contribution < 1.29 is 22.8 Å². The van der Waals surface area contributed by atoms with E-state index in [0.717, 1.165) is 0 Å². The van der Waals surface area contributed by atoms with Crippen LogP contribution in [0.15, 0.2) is 6.20 Å². The Morgan fingerprint density at radius 2 is 2.18 bits per heavy atom. The van der Waals surface area contributed by atoms with Gasteiger partial charge in [0.1, 0.15) is 11.8 Å². The number of hydrogen-bond acceptors (Lipinski definition) is 6. The van der Waals surface area contributed by atoms with Crippen molar-refractivity contribution in [2.45, 2.75) is 6.36 Å². The number of nitrogen functional groups attached to an aromatic ring is 1. The van der Waals surface area contributed by atoms with Gasteiger partial charge in [-0.15, -0.1) is 13.2 Å². The van der Waals surface area contributed by atoms with Crippen LogP contribution in [0.4, 0.5) is 24.5 Å². The molecule has 1 aromatic heterocycles. The fourth-order valence-electron chi connectivity index (χ4n) is 0.972. The van der Waals surface area contributed by atoms with E-state index in [2.05, 4.69) is 9.72 Å². The lowest BCUT2D eigenvalue weighted by Gasteiger charge is -2.10. The lowest BCUT2D eigenvalue weighted by molar-refractivity contribution is -0.389. The third kappa shape index (κ3) is 2.71. The Labute approximate surface area is 91.4 Å². The van der Waals surface area contributed by atoms with Gasteiger partial charge in [-0.05, 0) is 0 Å². The largest absolute Gasteiger partial charge is 0.573 e.